The lowest BCUT2D eigenvalue weighted by Gasteiger charge is -2.33. The zero-order chi connectivity index (χ0) is 7.40. The van der Waals surface area contributed by atoms with Crippen LogP contribution in [-0.2, 0) is 0 Å². The molecule has 2 atom stereocenters. The second-order valence-corrected chi connectivity index (χ2v) is 4.33. The van der Waals surface area contributed by atoms with E-state index >= 15 is 0 Å². The largest absolute Gasteiger partial charge is 0.168 e. The van der Waals surface area contributed by atoms with Crippen LogP contribution in [0.3, 0.4) is 0 Å². The van der Waals surface area contributed by atoms with E-state index in [0.717, 1.165) is 11.6 Å². The van der Waals surface area contributed by atoms with Crippen molar-refractivity contribution in [2.75, 3.05) is 0 Å². The Morgan fingerprint density at radius 2 is 2.30 bits per heavy atom. The molecule has 0 N–H and O–H groups in total. The summed E-state index contributed by atoms with van der Waals surface area (Å²) in [6.45, 7) is 2.26. The van der Waals surface area contributed by atoms with E-state index in [1.807, 2.05) is 0 Å². The van der Waals surface area contributed by atoms with E-state index in [0.29, 0.717) is 8.46 Å². The summed E-state index contributed by atoms with van der Waals surface area (Å²) in [5, 5.41) is 0. The first-order chi connectivity index (χ1) is 4.88. The summed E-state index contributed by atoms with van der Waals surface area (Å²) in [6, 6.07) is 0. The van der Waals surface area contributed by atoms with Crippen molar-refractivity contribution in [2.45, 2.75) is 44.7 Å². The third kappa shape index (κ3) is 1.99. The summed E-state index contributed by atoms with van der Waals surface area (Å²) in [7, 11) is 6.39. The first kappa shape index (κ1) is 8.59. The van der Waals surface area contributed by atoms with E-state index in [4.69, 9.17) is 7.57 Å². The van der Waals surface area contributed by atoms with Crippen molar-refractivity contribution in [1.82, 2.24) is 0 Å². The summed E-state index contributed by atoms with van der Waals surface area (Å²) in [5.74, 6) is 1.00. The number of rotatable bonds is 4. The maximum absolute atomic E-state index is 5.70. The van der Waals surface area contributed by atoms with Crippen molar-refractivity contribution >= 4 is 16.0 Å². The minimum atomic E-state index is 0.694. The zero-order valence-electron chi connectivity index (χ0n) is 6.77. The van der Waals surface area contributed by atoms with Gasteiger partial charge in [0.15, 0.2) is 0 Å². The Morgan fingerprint density at radius 3 is 2.60 bits per heavy atom. The van der Waals surface area contributed by atoms with Gasteiger partial charge in [0.1, 0.15) is 7.57 Å². The molecular weight excluding hydrogens is 138 g/mol. The van der Waals surface area contributed by atoms with Crippen LogP contribution >= 0.6 is 8.46 Å². The highest BCUT2D eigenvalue weighted by Gasteiger charge is 2.24. The van der Waals surface area contributed by atoms with Gasteiger partial charge in [0.25, 0.3) is 0 Å². The Balaban J connectivity index is 2.17. The molecular formula is C8H16BP. The Bertz CT molecular complexity index is 91.3. The number of hydrogen-bond donors (Lipinski definition) is 0. The zero-order valence-corrected chi connectivity index (χ0v) is 7.77. The van der Waals surface area contributed by atoms with Crippen molar-refractivity contribution < 1.29 is 0 Å². The van der Waals surface area contributed by atoms with Crippen molar-refractivity contribution in [1.29, 1.82) is 0 Å². The van der Waals surface area contributed by atoms with E-state index < -0.39 is 0 Å². The summed E-state index contributed by atoms with van der Waals surface area (Å²) in [5.41, 5.74) is 0.874. The van der Waals surface area contributed by atoms with Gasteiger partial charge in [0.05, 0.1) is 0 Å². The molecule has 0 spiro atoms. The van der Waals surface area contributed by atoms with Crippen LogP contribution in [0, 0.1) is 5.92 Å². The Kier molecular flexibility index (Phi) is 3.77. The molecule has 0 bridgehead atoms. The Morgan fingerprint density at radius 1 is 1.60 bits per heavy atom. The minimum Gasteiger partial charge on any atom is -0.168 e. The second-order valence-electron chi connectivity index (χ2n) is 3.25. The van der Waals surface area contributed by atoms with Crippen LogP contribution < -0.4 is 0 Å². The van der Waals surface area contributed by atoms with Crippen LogP contribution in [-0.4, -0.2) is 13.2 Å². The van der Waals surface area contributed by atoms with Gasteiger partial charge in [-0.25, -0.2) is 0 Å². The van der Waals surface area contributed by atoms with E-state index in [-0.39, 0.29) is 0 Å². The van der Waals surface area contributed by atoms with Gasteiger partial charge in [-0.2, -0.15) is 8.46 Å². The highest BCUT2D eigenvalue weighted by atomic mass is 31.1. The molecule has 2 heteroatoms. The van der Waals surface area contributed by atoms with Crippen LogP contribution in [0.15, 0.2) is 0 Å². The molecule has 0 nitrogen and oxygen atoms in total. The molecule has 1 rings (SSSR count). The average molecular weight is 154 g/mol. The number of hydrogen-bond acceptors (Lipinski definition) is 0. The molecule has 0 heterocycles. The molecule has 2 unspecified atom stereocenters. The molecule has 1 saturated carbocycles. The van der Waals surface area contributed by atoms with Gasteiger partial charge in [-0.1, -0.05) is 19.8 Å². The fourth-order valence-corrected chi connectivity index (χ4v) is 2.67. The highest BCUT2D eigenvalue weighted by Crippen LogP contribution is 2.39. The van der Waals surface area contributed by atoms with Crippen LogP contribution in [0.4, 0.5) is 0 Å². The molecule has 0 aromatic heterocycles. The molecule has 0 amide bonds. The quantitative estimate of drug-likeness (QED) is 0.431. The van der Waals surface area contributed by atoms with Crippen LogP contribution in [0.1, 0.15) is 39.0 Å². The van der Waals surface area contributed by atoms with Crippen LogP contribution in [0.2, 0.25) is 0 Å². The molecule has 0 aromatic rings. The van der Waals surface area contributed by atoms with Gasteiger partial charge in [0.2, 0.25) is 0 Å². The average Bonchev–Trinajstić information content (AvgIpc) is 1.83. The van der Waals surface area contributed by atoms with Gasteiger partial charge in [-0.15, -0.1) is 0 Å². The van der Waals surface area contributed by atoms with Crippen molar-refractivity contribution in [3.05, 3.63) is 0 Å². The van der Waals surface area contributed by atoms with Crippen LogP contribution in [0.25, 0.3) is 0 Å². The maximum atomic E-state index is 5.70. The third-order valence-corrected chi connectivity index (χ3v) is 3.72. The molecule has 1 aliphatic carbocycles. The molecule has 56 valence electrons. The predicted molar refractivity (Wildman–Crippen MR) is 50.1 cm³/mol. The summed E-state index contributed by atoms with van der Waals surface area (Å²) < 4.78 is 0. The molecule has 0 aromatic carbocycles. The van der Waals surface area contributed by atoms with Gasteiger partial charge in [-0.05, 0) is 30.8 Å². The van der Waals surface area contributed by atoms with E-state index in [9.17, 15) is 0 Å². The smallest absolute Gasteiger partial charge is 0.104 e. The van der Waals surface area contributed by atoms with Gasteiger partial charge in [-0.3, -0.25) is 0 Å². The lowest BCUT2D eigenvalue weighted by molar-refractivity contribution is 0.297. The Hall–Kier alpha value is 0.495. The van der Waals surface area contributed by atoms with E-state index in [2.05, 4.69) is 6.92 Å². The van der Waals surface area contributed by atoms with Crippen LogP contribution in [0.5, 0.6) is 0 Å². The second kappa shape index (κ2) is 4.39. The summed E-state index contributed by atoms with van der Waals surface area (Å²) >= 11 is 0. The topological polar surface area (TPSA) is 0 Å². The van der Waals surface area contributed by atoms with E-state index in [1.165, 1.54) is 32.1 Å². The fourth-order valence-electron chi connectivity index (χ4n) is 1.61. The summed E-state index contributed by atoms with van der Waals surface area (Å²) in [4.78, 5) is 0. The first-order valence-corrected chi connectivity index (χ1v) is 5.50. The highest BCUT2D eigenvalue weighted by molar-refractivity contribution is 7.66. The lowest BCUT2D eigenvalue weighted by Crippen LogP contribution is -2.23. The SMILES string of the molecule is [B]PC(CCC)C1CCC1. The maximum Gasteiger partial charge on any atom is 0.104 e. The van der Waals surface area contributed by atoms with Crippen molar-refractivity contribution in [2.24, 2.45) is 5.92 Å². The first-order valence-electron chi connectivity index (χ1n) is 4.34. The van der Waals surface area contributed by atoms with Gasteiger partial charge < -0.3 is 0 Å². The molecule has 1 aliphatic rings. The predicted octanol–water partition coefficient (Wildman–Crippen LogP) is 2.72. The fraction of sp³-hybridized carbons (Fsp3) is 1.00. The van der Waals surface area contributed by atoms with Crippen molar-refractivity contribution in [3.63, 3.8) is 0 Å². The summed E-state index contributed by atoms with van der Waals surface area (Å²) in [6.07, 6.45) is 7.03. The normalized spacial score (nSPS) is 23.3. The van der Waals surface area contributed by atoms with E-state index in [1.54, 1.807) is 0 Å². The lowest BCUT2D eigenvalue weighted by atomic mass is 9.81. The monoisotopic (exact) mass is 154 g/mol. The van der Waals surface area contributed by atoms with Crippen molar-refractivity contribution in [3.8, 4) is 0 Å². The molecule has 0 aliphatic heterocycles. The molecule has 10 heavy (non-hydrogen) atoms. The molecule has 1 fully saturated rings. The standard InChI is InChI=1S/C8H16BP/c1-2-4-8(10-9)7-5-3-6-7/h7-8,10H,2-6H2,1H3. The molecule has 0 saturated heterocycles. The Labute approximate surface area is 67.3 Å². The van der Waals surface area contributed by atoms with Gasteiger partial charge in [0, 0.05) is 0 Å². The minimum absolute atomic E-state index is 0.694. The molecule has 2 radical (unpaired) electrons. The van der Waals surface area contributed by atoms with Gasteiger partial charge >= 0.3 is 0 Å². The third-order valence-electron chi connectivity index (χ3n) is 2.53.